The Morgan fingerprint density at radius 2 is 1.85 bits per heavy atom. The van der Waals surface area contributed by atoms with Gasteiger partial charge in [-0.15, -0.1) is 0 Å². The molecule has 9 heteroatoms. The van der Waals surface area contributed by atoms with E-state index in [-0.39, 0.29) is 27.8 Å². The Hall–Kier alpha value is -3.86. The maximum absolute atomic E-state index is 12.7. The summed E-state index contributed by atoms with van der Waals surface area (Å²) in [7, 11) is 0. The number of allylic oxidation sites excluding steroid dienone is 1. The molecule has 7 nitrogen and oxygen atoms in total. The second-order valence-corrected chi connectivity index (χ2v) is 9.68. The molecule has 1 atom stereocenters. The molecule has 1 aliphatic rings. The number of nitrogens with two attached hydrogens (primary N) is 1. The van der Waals surface area contributed by atoms with Crippen molar-refractivity contribution in [1.82, 2.24) is 0 Å². The number of hydrogen-bond donors (Lipinski definition) is 1. The van der Waals surface area contributed by atoms with E-state index in [4.69, 9.17) is 47.9 Å². The molecule has 2 N–H and O–H groups in total. The van der Waals surface area contributed by atoms with E-state index in [0.717, 1.165) is 24.8 Å². The maximum atomic E-state index is 12.7. The summed E-state index contributed by atoms with van der Waals surface area (Å²) in [4.78, 5) is 12.7. The van der Waals surface area contributed by atoms with Crippen LogP contribution in [0.15, 0.2) is 66.1 Å². The van der Waals surface area contributed by atoms with Crippen LogP contribution in [0.1, 0.15) is 60.5 Å². The molecule has 0 aliphatic carbocycles. The van der Waals surface area contributed by atoms with Crippen molar-refractivity contribution in [2.24, 2.45) is 5.73 Å². The van der Waals surface area contributed by atoms with Gasteiger partial charge >= 0.3 is 5.97 Å². The minimum Gasteiger partial charge on any atom is -0.490 e. The molecular weight excluding hydrogens is 539 g/mol. The quantitative estimate of drug-likeness (QED) is 0.155. The Balaban J connectivity index is 1.65. The van der Waals surface area contributed by atoms with Crippen molar-refractivity contribution in [3.8, 4) is 29.1 Å². The Kier molecular flexibility index (Phi) is 9.23. The zero-order valence-corrected chi connectivity index (χ0v) is 23.1. The normalized spacial score (nSPS) is 14.2. The number of carbonyl (C=O) groups is 1. The number of ether oxygens (including phenoxy) is 4. The van der Waals surface area contributed by atoms with E-state index < -0.39 is 11.9 Å². The summed E-state index contributed by atoms with van der Waals surface area (Å²) in [6, 6.07) is 17.2. The molecule has 0 radical (unpaired) electrons. The Labute approximate surface area is 237 Å². The highest BCUT2D eigenvalue weighted by Gasteiger charge is 2.32. The fourth-order valence-corrected chi connectivity index (χ4v) is 4.77. The monoisotopic (exact) mass is 566 g/mol. The van der Waals surface area contributed by atoms with Gasteiger partial charge in [-0.3, -0.25) is 0 Å². The Morgan fingerprint density at radius 3 is 2.56 bits per heavy atom. The predicted octanol–water partition coefficient (Wildman–Crippen LogP) is 7.40. The number of nitriles is 1. The van der Waals surface area contributed by atoms with Gasteiger partial charge in [0, 0.05) is 16.7 Å². The van der Waals surface area contributed by atoms with Crippen LogP contribution >= 0.6 is 23.2 Å². The van der Waals surface area contributed by atoms with Crippen LogP contribution in [-0.4, -0.2) is 19.2 Å². The van der Waals surface area contributed by atoms with E-state index in [9.17, 15) is 10.1 Å². The predicted molar refractivity (Wildman–Crippen MR) is 150 cm³/mol. The molecule has 0 spiro atoms. The first kappa shape index (κ1) is 28.2. The van der Waals surface area contributed by atoms with E-state index in [1.807, 2.05) is 25.1 Å². The lowest BCUT2D eigenvalue weighted by atomic mass is 9.83. The summed E-state index contributed by atoms with van der Waals surface area (Å²) < 4.78 is 23.1. The SMILES string of the molecule is CCCCCOc1ccc(C2C(C#N)=C(N)Oc3cc(OC(=O)c4ccc(Cl)cc4Cl)ccc32)cc1OCC. The summed E-state index contributed by atoms with van der Waals surface area (Å²) in [5.41, 5.74) is 8.07. The highest BCUT2D eigenvalue weighted by molar-refractivity contribution is 6.36. The molecule has 1 unspecified atom stereocenters. The number of fused-ring (bicyclic) bond motifs is 1. The summed E-state index contributed by atoms with van der Waals surface area (Å²) in [6.45, 7) is 5.08. The van der Waals surface area contributed by atoms with Crippen LogP contribution in [0.4, 0.5) is 0 Å². The van der Waals surface area contributed by atoms with Crippen molar-refractivity contribution in [1.29, 1.82) is 5.26 Å². The molecule has 4 rings (SSSR count). The summed E-state index contributed by atoms with van der Waals surface area (Å²) in [5.74, 6) is 0.605. The molecule has 202 valence electrons. The van der Waals surface area contributed by atoms with Crippen LogP contribution in [0.3, 0.4) is 0 Å². The average Bonchev–Trinajstić information content (AvgIpc) is 2.91. The highest BCUT2D eigenvalue weighted by Crippen LogP contribution is 2.45. The molecule has 0 amide bonds. The van der Waals surface area contributed by atoms with Crippen LogP contribution in [0.5, 0.6) is 23.0 Å². The third-order valence-corrected chi connectivity index (χ3v) is 6.71. The molecule has 3 aromatic rings. The van der Waals surface area contributed by atoms with Gasteiger partial charge in [-0.1, -0.05) is 55.1 Å². The second kappa shape index (κ2) is 12.8. The van der Waals surface area contributed by atoms with Crippen molar-refractivity contribution in [3.05, 3.63) is 92.8 Å². The number of rotatable bonds is 10. The van der Waals surface area contributed by atoms with Crippen molar-refractivity contribution >= 4 is 29.2 Å². The van der Waals surface area contributed by atoms with Gasteiger partial charge in [0.25, 0.3) is 0 Å². The summed E-state index contributed by atoms with van der Waals surface area (Å²) in [6.07, 6.45) is 3.14. The molecule has 1 aliphatic heterocycles. The van der Waals surface area contributed by atoms with Crippen molar-refractivity contribution < 1.29 is 23.7 Å². The first-order valence-electron chi connectivity index (χ1n) is 12.6. The third-order valence-electron chi connectivity index (χ3n) is 6.16. The van der Waals surface area contributed by atoms with Gasteiger partial charge in [0.1, 0.15) is 23.1 Å². The molecule has 0 aromatic heterocycles. The van der Waals surface area contributed by atoms with E-state index in [1.54, 1.807) is 24.3 Å². The standard InChI is InChI=1S/C30H28Cl2N2O5/c1-3-5-6-13-37-25-12-7-18(14-27(25)36-4-2)28-22-11-9-20(16-26(22)39-29(34)23(28)17-33)38-30(35)21-10-8-19(31)15-24(21)32/h7-12,14-16,28H,3-6,13,34H2,1-2H3. The number of benzene rings is 3. The third kappa shape index (κ3) is 6.42. The molecule has 0 bridgehead atoms. The second-order valence-electron chi connectivity index (χ2n) is 8.83. The van der Waals surface area contributed by atoms with Gasteiger partial charge in [-0.05, 0) is 55.3 Å². The number of esters is 1. The van der Waals surface area contributed by atoms with Gasteiger partial charge in [0.15, 0.2) is 11.5 Å². The first-order valence-corrected chi connectivity index (χ1v) is 13.4. The molecule has 3 aromatic carbocycles. The fraction of sp³-hybridized carbons (Fsp3) is 0.267. The number of halogens is 2. The van der Waals surface area contributed by atoms with Gasteiger partial charge in [-0.25, -0.2) is 4.79 Å². The molecule has 0 fully saturated rings. The lowest BCUT2D eigenvalue weighted by Gasteiger charge is -2.27. The van der Waals surface area contributed by atoms with Crippen LogP contribution in [0, 0.1) is 11.3 Å². The molecule has 0 saturated heterocycles. The van der Waals surface area contributed by atoms with E-state index in [0.29, 0.717) is 41.0 Å². The Bertz CT molecular complexity index is 1450. The molecule has 39 heavy (non-hydrogen) atoms. The smallest absolute Gasteiger partial charge is 0.345 e. The van der Waals surface area contributed by atoms with Crippen molar-refractivity contribution in [3.63, 3.8) is 0 Å². The zero-order chi connectivity index (χ0) is 27.9. The Morgan fingerprint density at radius 1 is 1.03 bits per heavy atom. The van der Waals surface area contributed by atoms with Gasteiger partial charge in [-0.2, -0.15) is 5.26 Å². The minimum atomic E-state index is -0.652. The summed E-state index contributed by atoms with van der Waals surface area (Å²) in [5, 5.41) is 10.5. The zero-order valence-electron chi connectivity index (χ0n) is 21.6. The lowest BCUT2D eigenvalue weighted by molar-refractivity contribution is 0.0734. The fourth-order valence-electron chi connectivity index (χ4n) is 4.29. The maximum Gasteiger partial charge on any atom is 0.345 e. The van der Waals surface area contributed by atoms with E-state index in [1.165, 1.54) is 12.1 Å². The average molecular weight is 567 g/mol. The lowest BCUT2D eigenvalue weighted by Crippen LogP contribution is -2.21. The molecular formula is C30H28Cl2N2O5. The van der Waals surface area contributed by atoms with Crippen molar-refractivity contribution in [2.45, 2.75) is 39.0 Å². The minimum absolute atomic E-state index is 0.0305. The van der Waals surface area contributed by atoms with Crippen LogP contribution < -0.4 is 24.7 Å². The van der Waals surface area contributed by atoms with Gasteiger partial charge in [0.2, 0.25) is 5.88 Å². The highest BCUT2D eigenvalue weighted by atomic mass is 35.5. The van der Waals surface area contributed by atoms with E-state index >= 15 is 0 Å². The van der Waals surface area contributed by atoms with Crippen LogP contribution in [0.2, 0.25) is 10.0 Å². The van der Waals surface area contributed by atoms with E-state index in [2.05, 4.69) is 13.0 Å². The van der Waals surface area contributed by atoms with Crippen LogP contribution in [-0.2, 0) is 0 Å². The van der Waals surface area contributed by atoms with Crippen LogP contribution in [0.25, 0.3) is 0 Å². The number of unbranched alkanes of at least 4 members (excludes halogenated alkanes) is 2. The number of carbonyl (C=O) groups excluding carboxylic acids is 1. The molecule has 0 saturated carbocycles. The van der Waals surface area contributed by atoms with Crippen molar-refractivity contribution in [2.75, 3.05) is 13.2 Å². The number of hydrogen-bond acceptors (Lipinski definition) is 7. The largest absolute Gasteiger partial charge is 0.490 e. The summed E-state index contributed by atoms with van der Waals surface area (Å²) >= 11 is 12.1. The topological polar surface area (TPSA) is 104 Å². The van der Waals surface area contributed by atoms with Gasteiger partial charge < -0.3 is 24.7 Å². The van der Waals surface area contributed by atoms with Gasteiger partial charge in [0.05, 0.1) is 29.7 Å². The first-order chi connectivity index (χ1) is 18.9. The molecule has 1 heterocycles. The number of nitrogens with zero attached hydrogens (tertiary/aromatic N) is 1.